The number of aromatic amines is 1. The molecule has 0 saturated heterocycles. The lowest BCUT2D eigenvalue weighted by molar-refractivity contribution is 0.506. The molecule has 104 valence electrons. The maximum absolute atomic E-state index is 11.5. The Kier molecular flexibility index (Phi) is 3.31. The van der Waals surface area contributed by atoms with E-state index in [-0.39, 0.29) is 5.69 Å². The van der Waals surface area contributed by atoms with E-state index in [4.69, 9.17) is 9.68 Å². The van der Waals surface area contributed by atoms with E-state index in [1.807, 2.05) is 30.3 Å². The number of furan rings is 1. The fraction of sp³-hybridized carbons (Fsp3) is 0.0667. The molecule has 0 spiro atoms. The Bertz CT molecular complexity index is 833. The molecule has 0 unspecified atom stereocenters. The Morgan fingerprint density at radius 1 is 1.24 bits per heavy atom. The van der Waals surface area contributed by atoms with Crippen LogP contribution in [0.1, 0.15) is 11.5 Å². The molecule has 21 heavy (non-hydrogen) atoms. The van der Waals surface area contributed by atoms with Gasteiger partial charge in [-0.1, -0.05) is 0 Å². The Morgan fingerprint density at radius 2 is 2.05 bits per heavy atom. The van der Waals surface area contributed by atoms with Gasteiger partial charge in [0.05, 0.1) is 12.2 Å². The Balaban J connectivity index is 1.69. The highest BCUT2D eigenvalue weighted by Gasteiger charge is 2.02. The van der Waals surface area contributed by atoms with Crippen molar-refractivity contribution in [2.24, 2.45) is 0 Å². The van der Waals surface area contributed by atoms with Gasteiger partial charge in [0.2, 0.25) is 5.76 Å². The maximum atomic E-state index is 11.5. The minimum atomic E-state index is -0.171. The zero-order chi connectivity index (χ0) is 14.7. The number of imidazole rings is 1. The molecule has 0 fully saturated rings. The van der Waals surface area contributed by atoms with Crippen LogP contribution in [0.15, 0.2) is 58.0 Å². The summed E-state index contributed by atoms with van der Waals surface area (Å²) in [5.74, 6) is 0.992. The molecule has 0 amide bonds. The minimum Gasteiger partial charge on any atom is -0.449 e. The summed E-state index contributed by atoms with van der Waals surface area (Å²) < 4.78 is 6.80. The Morgan fingerprint density at radius 3 is 2.67 bits per heavy atom. The van der Waals surface area contributed by atoms with Crippen molar-refractivity contribution >= 4 is 5.69 Å². The maximum Gasteiger partial charge on any atom is 0.330 e. The third kappa shape index (κ3) is 2.72. The normalized spacial score (nSPS) is 10.2. The van der Waals surface area contributed by atoms with Crippen molar-refractivity contribution in [3.05, 3.63) is 70.8 Å². The number of anilines is 1. The van der Waals surface area contributed by atoms with Crippen LogP contribution >= 0.6 is 0 Å². The first-order valence-electron chi connectivity index (χ1n) is 6.35. The van der Waals surface area contributed by atoms with E-state index in [0.717, 1.165) is 11.4 Å². The summed E-state index contributed by atoms with van der Waals surface area (Å²) in [6.45, 7) is 0.491. The number of hydrogen-bond acceptors (Lipinski definition) is 4. The third-order valence-electron chi connectivity index (χ3n) is 3.03. The van der Waals surface area contributed by atoms with Crippen LogP contribution in [-0.2, 0) is 6.54 Å². The zero-order valence-electron chi connectivity index (χ0n) is 11.0. The lowest BCUT2D eigenvalue weighted by Gasteiger charge is -2.06. The highest BCUT2D eigenvalue weighted by molar-refractivity contribution is 5.48. The number of nitriles is 1. The first kappa shape index (κ1) is 12.8. The molecular weight excluding hydrogens is 268 g/mol. The summed E-state index contributed by atoms with van der Waals surface area (Å²) in [6, 6.07) is 12.8. The molecule has 0 aliphatic heterocycles. The highest BCUT2D eigenvalue weighted by atomic mass is 16.3. The Labute approximate surface area is 120 Å². The van der Waals surface area contributed by atoms with E-state index in [2.05, 4.69) is 10.3 Å². The molecule has 0 aliphatic rings. The quantitative estimate of drug-likeness (QED) is 0.767. The van der Waals surface area contributed by atoms with Gasteiger partial charge < -0.3 is 14.7 Å². The van der Waals surface area contributed by atoms with Crippen LogP contribution in [0.2, 0.25) is 0 Å². The van der Waals surface area contributed by atoms with Crippen molar-refractivity contribution < 1.29 is 4.42 Å². The van der Waals surface area contributed by atoms with E-state index < -0.39 is 0 Å². The van der Waals surface area contributed by atoms with Gasteiger partial charge >= 0.3 is 5.69 Å². The standard InChI is InChI=1S/C15H12N4O2/c16-9-13-5-6-14(21-13)10-18-11-1-3-12(4-2-11)19-8-7-17-15(19)20/h1-8,18H,10H2,(H,17,20). The van der Waals surface area contributed by atoms with Crippen molar-refractivity contribution in [3.63, 3.8) is 0 Å². The molecule has 2 aromatic heterocycles. The van der Waals surface area contributed by atoms with Gasteiger partial charge in [-0.25, -0.2) is 4.79 Å². The average molecular weight is 280 g/mol. The minimum absolute atomic E-state index is 0.171. The number of benzene rings is 1. The van der Waals surface area contributed by atoms with Crippen LogP contribution in [0.5, 0.6) is 0 Å². The molecule has 0 atom stereocenters. The summed E-state index contributed by atoms with van der Waals surface area (Å²) in [4.78, 5) is 14.1. The SMILES string of the molecule is N#Cc1ccc(CNc2ccc(-n3cc[nH]c3=O)cc2)o1. The van der Waals surface area contributed by atoms with Crippen LogP contribution in [0.25, 0.3) is 5.69 Å². The second-order valence-electron chi connectivity index (χ2n) is 4.41. The summed E-state index contributed by atoms with van der Waals surface area (Å²) in [6.07, 6.45) is 3.27. The highest BCUT2D eigenvalue weighted by Crippen LogP contribution is 2.14. The second kappa shape index (κ2) is 5.43. The smallest absolute Gasteiger partial charge is 0.330 e. The molecule has 0 saturated carbocycles. The average Bonchev–Trinajstić information content (AvgIpc) is 3.14. The van der Waals surface area contributed by atoms with Gasteiger partial charge in [0.25, 0.3) is 0 Å². The van der Waals surface area contributed by atoms with Crippen LogP contribution in [0.4, 0.5) is 5.69 Å². The fourth-order valence-electron chi connectivity index (χ4n) is 1.99. The first-order valence-corrected chi connectivity index (χ1v) is 6.35. The topological polar surface area (TPSA) is 86.8 Å². The lowest BCUT2D eigenvalue weighted by Crippen LogP contribution is -2.13. The number of nitrogens with one attached hydrogen (secondary N) is 2. The van der Waals surface area contributed by atoms with Crippen LogP contribution in [0.3, 0.4) is 0 Å². The Hall–Kier alpha value is -3.20. The first-order chi connectivity index (χ1) is 10.3. The molecule has 0 bridgehead atoms. The monoisotopic (exact) mass is 280 g/mol. The summed E-state index contributed by atoms with van der Waals surface area (Å²) in [5.41, 5.74) is 1.52. The predicted molar refractivity (Wildman–Crippen MR) is 77.1 cm³/mol. The van der Waals surface area contributed by atoms with Crippen molar-refractivity contribution in [1.82, 2.24) is 9.55 Å². The largest absolute Gasteiger partial charge is 0.449 e. The number of hydrogen-bond donors (Lipinski definition) is 2. The fourth-order valence-corrected chi connectivity index (χ4v) is 1.99. The third-order valence-corrected chi connectivity index (χ3v) is 3.03. The molecule has 2 N–H and O–H groups in total. The van der Waals surface area contributed by atoms with Gasteiger partial charge in [-0.15, -0.1) is 0 Å². The van der Waals surface area contributed by atoms with Gasteiger partial charge in [-0.2, -0.15) is 5.26 Å². The number of nitrogens with zero attached hydrogens (tertiary/aromatic N) is 2. The number of rotatable bonds is 4. The van der Waals surface area contributed by atoms with Gasteiger partial charge in [-0.3, -0.25) is 4.57 Å². The van der Waals surface area contributed by atoms with Crippen LogP contribution in [-0.4, -0.2) is 9.55 Å². The molecule has 2 heterocycles. The second-order valence-corrected chi connectivity index (χ2v) is 4.41. The van der Waals surface area contributed by atoms with Crippen molar-refractivity contribution in [2.45, 2.75) is 6.54 Å². The predicted octanol–water partition coefficient (Wildman–Crippen LogP) is 2.24. The number of aromatic nitrogens is 2. The van der Waals surface area contributed by atoms with E-state index in [9.17, 15) is 4.79 Å². The summed E-state index contributed by atoms with van der Waals surface area (Å²) in [5, 5.41) is 11.9. The van der Waals surface area contributed by atoms with E-state index in [1.54, 1.807) is 24.5 Å². The van der Waals surface area contributed by atoms with Crippen molar-refractivity contribution in [1.29, 1.82) is 5.26 Å². The summed E-state index contributed by atoms with van der Waals surface area (Å²) in [7, 11) is 0. The molecular formula is C15H12N4O2. The summed E-state index contributed by atoms with van der Waals surface area (Å²) >= 11 is 0. The van der Waals surface area contributed by atoms with Crippen LogP contribution < -0.4 is 11.0 Å². The van der Waals surface area contributed by atoms with Gasteiger partial charge in [0, 0.05) is 18.1 Å². The molecule has 0 aliphatic carbocycles. The van der Waals surface area contributed by atoms with Crippen molar-refractivity contribution in [2.75, 3.05) is 5.32 Å². The molecule has 1 aromatic carbocycles. The molecule has 0 radical (unpaired) electrons. The molecule has 3 rings (SSSR count). The van der Waals surface area contributed by atoms with Crippen molar-refractivity contribution in [3.8, 4) is 11.8 Å². The van der Waals surface area contributed by atoms with E-state index >= 15 is 0 Å². The molecule has 3 aromatic rings. The van der Waals surface area contributed by atoms with E-state index in [1.165, 1.54) is 4.57 Å². The molecule has 6 heteroatoms. The number of H-pyrrole nitrogens is 1. The van der Waals surface area contributed by atoms with Gasteiger partial charge in [-0.05, 0) is 36.4 Å². The zero-order valence-corrected chi connectivity index (χ0v) is 11.0. The lowest BCUT2D eigenvalue weighted by atomic mass is 10.2. The van der Waals surface area contributed by atoms with Crippen LogP contribution in [0, 0.1) is 11.3 Å². The van der Waals surface area contributed by atoms with Gasteiger partial charge in [0.15, 0.2) is 0 Å². The molecule has 6 nitrogen and oxygen atoms in total. The van der Waals surface area contributed by atoms with E-state index in [0.29, 0.717) is 18.1 Å². The van der Waals surface area contributed by atoms with Gasteiger partial charge in [0.1, 0.15) is 11.8 Å².